The van der Waals surface area contributed by atoms with E-state index in [0.29, 0.717) is 19.5 Å². The number of hydrogen-bond donors (Lipinski definition) is 2. The van der Waals surface area contributed by atoms with Crippen molar-refractivity contribution in [1.82, 2.24) is 24.8 Å². The number of anilines is 1. The van der Waals surface area contributed by atoms with Crippen LogP contribution in [0.25, 0.3) is 16.8 Å². The zero-order chi connectivity index (χ0) is 18.8. The highest BCUT2D eigenvalue weighted by Crippen LogP contribution is 2.27. The Balaban J connectivity index is 1.77. The van der Waals surface area contributed by atoms with Gasteiger partial charge in [0.2, 0.25) is 5.91 Å². The van der Waals surface area contributed by atoms with E-state index in [0.717, 1.165) is 35.7 Å². The lowest BCUT2D eigenvalue weighted by Crippen LogP contribution is -2.32. The van der Waals surface area contributed by atoms with Gasteiger partial charge in [0.25, 0.3) is 0 Å². The van der Waals surface area contributed by atoms with Crippen molar-refractivity contribution in [1.29, 1.82) is 0 Å². The number of nitrogens with one attached hydrogen (secondary N) is 2. The Morgan fingerprint density at radius 3 is 2.89 bits per heavy atom. The fourth-order valence-electron chi connectivity index (χ4n) is 3.32. The maximum absolute atomic E-state index is 12.0. The minimum atomic E-state index is 0.0719. The smallest absolute Gasteiger partial charge is 0.221 e. The molecule has 0 radical (unpaired) electrons. The van der Waals surface area contributed by atoms with Gasteiger partial charge in [-0.15, -0.1) is 0 Å². The van der Waals surface area contributed by atoms with E-state index < -0.39 is 0 Å². The summed E-state index contributed by atoms with van der Waals surface area (Å²) in [5.74, 6) is 0.848. The molecule has 7 nitrogen and oxygen atoms in total. The van der Waals surface area contributed by atoms with Gasteiger partial charge in [-0.1, -0.05) is 12.1 Å². The van der Waals surface area contributed by atoms with Gasteiger partial charge < -0.3 is 15.5 Å². The summed E-state index contributed by atoms with van der Waals surface area (Å²) in [6, 6.07) is 8.36. The summed E-state index contributed by atoms with van der Waals surface area (Å²) < 4.78 is 1.79. The average molecular weight is 364 g/mol. The van der Waals surface area contributed by atoms with Crippen LogP contribution >= 0.6 is 0 Å². The third-order valence-electron chi connectivity index (χ3n) is 4.94. The molecule has 140 valence electrons. The van der Waals surface area contributed by atoms with Crippen molar-refractivity contribution in [2.24, 2.45) is 0 Å². The second-order valence-corrected chi connectivity index (χ2v) is 7.04. The summed E-state index contributed by atoms with van der Waals surface area (Å²) in [6.45, 7) is 4.84. The monoisotopic (exact) mass is 364 g/mol. The van der Waals surface area contributed by atoms with Crippen LogP contribution in [0.4, 0.5) is 5.82 Å². The molecule has 1 aliphatic rings. The number of amides is 1. The van der Waals surface area contributed by atoms with Gasteiger partial charge in [-0.3, -0.25) is 4.79 Å². The van der Waals surface area contributed by atoms with E-state index in [4.69, 9.17) is 4.98 Å². The zero-order valence-corrected chi connectivity index (χ0v) is 15.7. The first-order valence-electron chi connectivity index (χ1n) is 9.23. The van der Waals surface area contributed by atoms with Crippen molar-refractivity contribution in [3.8, 4) is 11.1 Å². The summed E-state index contributed by atoms with van der Waals surface area (Å²) >= 11 is 0. The minimum absolute atomic E-state index is 0.0719. The molecule has 0 spiro atoms. The maximum atomic E-state index is 12.0. The number of rotatable bonds is 0. The molecule has 3 heterocycles. The van der Waals surface area contributed by atoms with Crippen molar-refractivity contribution >= 4 is 17.4 Å². The second-order valence-electron chi connectivity index (χ2n) is 7.04. The third kappa shape index (κ3) is 3.78. The molecule has 2 N–H and O–H groups in total. The van der Waals surface area contributed by atoms with Crippen molar-refractivity contribution in [2.75, 3.05) is 32.0 Å². The van der Waals surface area contributed by atoms with E-state index in [1.165, 1.54) is 11.1 Å². The largest absolute Gasteiger partial charge is 0.368 e. The number of carbonyl (C=O) groups is 1. The average Bonchev–Trinajstić information content (AvgIpc) is 3.08. The molecule has 0 unspecified atom stereocenters. The van der Waals surface area contributed by atoms with E-state index >= 15 is 0 Å². The number of benzene rings is 1. The molecule has 0 saturated heterocycles. The SMILES string of the molecule is Cc1ccc2cc1CN(C)CCC(=O)NCCNc1ccn3ncc-2c3n1. The maximum Gasteiger partial charge on any atom is 0.221 e. The van der Waals surface area contributed by atoms with Gasteiger partial charge >= 0.3 is 0 Å². The normalized spacial score (nSPS) is 16.3. The summed E-state index contributed by atoms with van der Waals surface area (Å²) in [4.78, 5) is 18.9. The highest BCUT2D eigenvalue weighted by atomic mass is 16.1. The highest BCUT2D eigenvalue weighted by Gasteiger charge is 2.13. The minimum Gasteiger partial charge on any atom is -0.368 e. The molecule has 0 fully saturated rings. The van der Waals surface area contributed by atoms with Crippen LogP contribution in [0.5, 0.6) is 0 Å². The molecule has 4 rings (SSSR count). The molecular formula is C20H24N6O. The molecular weight excluding hydrogens is 340 g/mol. The Bertz CT molecular complexity index is 980. The number of nitrogens with zero attached hydrogens (tertiary/aromatic N) is 4. The molecule has 0 atom stereocenters. The van der Waals surface area contributed by atoms with Gasteiger partial charge in [0.1, 0.15) is 5.82 Å². The van der Waals surface area contributed by atoms with E-state index in [-0.39, 0.29) is 5.91 Å². The number of aromatic nitrogens is 3. The molecule has 1 aromatic carbocycles. The Labute approximate surface area is 158 Å². The quantitative estimate of drug-likeness (QED) is 0.639. The fourth-order valence-corrected chi connectivity index (χ4v) is 3.32. The Morgan fingerprint density at radius 2 is 2.00 bits per heavy atom. The van der Waals surface area contributed by atoms with Crippen molar-refractivity contribution < 1.29 is 4.79 Å². The first-order valence-corrected chi connectivity index (χ1v) is 9.23. The topological polar surface area (TPSA) is 74.6 Å². The zero-order valence-electron chi connectivity index (χ0n) is 15.7. The van der Waals surface area contributed by atoms with E-state index in [9.17, 15) is 4.79 Å². The van der Waals surface area contributed by atoms with E-state index in [2.05, 4.69) is 45.8 Å². The van der Waals surface area contributed by atoms with Crippen LogP contribution in [0.15, 0.2) is 36.7 Å². The van der Waals surface area contributed by atoms with Gasteiger partial charge in [0.15, 0.2) is 5.65 Å². The number of carbonyl (C=O) groups excluding carboxylic acids is 1. The van der Waals surface area contributed by atoms with Crippen LogP contribution in [-0.2, 0) is 11.3 Å². The Kier molecular flexibility index (Phi) is 4.77. The van der Waals surface area contributed by atoms with Crippen LogP contribution < -0.4 is 10.6 Å². The first-order chi connectivity index (χ1) is 13.1. The Hall–Kier alpha value is -2.93. The van der Waals surface area contributed by atoms with Gasteiger partial charge in [-0.05, 0) is 42.8 Å². The highest BCUT2D eigenvalue weighted by molar-refractivity contribution is 5.78. The lowest BCUT2D eigenvalue weighted by Gasteiger charge is -2.19. The molecule has 0 saturated carbocycles. The predicted octanol–water partition coefficient (Wildman–Crippen LogP) is 2.07. The molecule has 27 heavy (non-hydrogen) atoms. The predicted molar refractivity (Wildman–Crippen MR) is 106 cm³/mol. The van der Waals surface area contributed by atoms with Crippen molar-refractivity contribution in [3.05, 3.63) is 47.8 Å². The summed E-state index contributed by atoms with van der Waals surface area (Å²) in [6.07, 6.45) is 4.26. The van der Waals surface area contributed by atoms with Crippen LogP contribution in [-0.4, -0.2) is 52.1 Å². The number of fused-ring (bicyclic) bond motifs is 4. The lowest BCUT2D eigenvalue weighted by atomic mass is 10.0. The van der Waals surface area contributed by atoms with Gasteiger partial charge in [-0.2, -0.15) is 5.10 Å². The van der Waals surface area contributed by atoms with Crippen LogP contribution in [0.1, 0.15) is 17.5 Å². The molecule has 7 heteroatoms. The number of aryl methyl sites for hydroxylation is 1. The van der Waals surface area contributed by atoms with Gasteiger partial charge in [-0.25, -0.2) is 9.50 Å². The summed E-state index contributed by atoms with van der Waals surface area (Å²) in [5.41, 5.74) is 5.43. The second kappa shape index (κ2) is 7.36. The van der Waals surface area contributed by atoms with Crippen LogP contribution in [0, 0.1) is 6.92 Å². The molecule has 3 aromatic rings. The molecule has 1 amide bonds. The third-order valence-corrected chi connectivity index (χ3v) is 4.94. The van der Waals surface area contributed by atoms with Crippen LogP contribution in [0.3, 0.4) is 0 Å². The van der Waals surface area contributed by atoms with Gasteiger partial charge in [0, 0.05) is 44.4 Å². The summed E-state index contributed by atoms with van der Waals surface area (Å²) in [7, 11) is 2.05. The van der Waals surface area contributed by atoms with E-state index in [1.54, 1.807) is 4.52 Å². The van der Waals surface area contributed by atoms with E-state index in [1.807, 2.05) is 25.5 Å². The summed E-state index contributed by atoms with van der Waals surface area (Å²) in [5, 5.41) is 10.7. The molecule has 2 aromatic heterocycles. The fraction of sp³-hybridized carbons (Fsp3) is 0.350. The van der Waals surface area contributed by atoms with Crippen molar-refractivity contribution in [2.45, 2.75) is 19.9 Å². The number of hydrogen-bond acceptors (Lipinski definition) is 5. The molecule has 0 aliphatic carbocycles. The Morgan fingerprint density at radius 1 is 1.15 bits per heavy atom. The molecule has 4 bridgehead atoms. The van der Waals surface area contributed by atoms with Crippen LogP contribution in [0.2, 0.25) is 0 Å². The van der Waals surface area contributed by atoms with Crippen molar-refractivity contribution in [3.63, 3.8) is 0 Å². The molecule has 1 aliphatic heterocycles. The first kappa shape index (κ1) is 17.5. The standard InChI is InChI=1S/C20H24N6O/c1-14-3-4-15-11-16(14)13-25(2)9-6-19(27)22-8-7-21-18-5-10-26-20(24-18)17(15)12-23-26/h3-5,10-12H,6-9,13H2,1-2H3,(H,21,24)(H,22,27). The van der Waals surface area contributed by atoms with Gasteiger partial charge in [0.05, 0.1) is 6.20 Å². The lowest BCUT2D eigenvalue weighted by molar-refractivity contribution is -0.121.